The third-order valence-electron chi connectivity index (χ3n) is 4.65. The van der Waals surface area contributed by atoms with Gasteiger partial charge in [-0.15, -0.1) is 0 Å². The summed E-state index contributed by atoms with van der Waals surface area (Å²) in [4.78, 5) is 37.7. The fourth-order valence-corrected chi connectivity index (χ4v) is 3.29. The van der Waals surface area contributed by atoms with Gasteiger partial charge in [0.1, 0.15) is 5.82 Å². The van der Waals surface area contributed by atoms with Crippen molar-refractivity contribution in [3.05, 3.63) is 41.7 Å². The normalized spacial score (nSPS) is 19.6. The molecule has 1 unspecified atom stereocenters. The summed E-state index contributed by atoms with van der Waals surface area (Å²) in [7, 11) is 0. The topological polar surface area (TPSA) is 78.5 Å². The van der Waals surface area contributed by atoms with E-state index in [1.807, 2.05) is 0 Å². The Morgan fingerprint density at radius 1 is 1.40 bits per heavy atom. The highest BCUT2D eigenvalue weighted by Crippen LogP contribution is 2.25. The van der Waals surface area contributed by atoms with E-state index in [0.29, 0.717) is 43.5 Å². The first-order chi connectivity index (χ1) is 12.0. The molecule has 0 bridgehead atoms. The van der Waals surface area contributed by atoms with E-state index in [-0.39, 0.29) is 30.0 Å². The summed E-state index contributed by atoms with van der Waals surface area (Å²) in [5.41, 5.74) is 1.02. The van der Waals surface area contributed by atoms with E-state index in [1.165, 1.54) is 18.2 Å². The van der Waals surface area contributed by atoms with E-state index in [9.17, 15) is 18.8 Å². The smallest absolute Gasteiger partial charge is 0.251 e. The molecule has 6 nitrogen and oxygen atoms in total. The van der Waals surface area contributed by atoms with Crippen LogP contribution in [0.3, 0.4) is 0 Å². The molecule has 1 aromatic carbocycles. The first-order valence-corrected chi connectivity index (χ1v) is 8.32. The minimum Gasteiger partial charge on any atom is -0.352 e. The van der Waals surface area contributed by atoms with Crippen LogP contribution in [0.5, 0.6) is 0 Å². The number of rotatable bonds is 3. The predicted molar refractivity (Wildman–Crippen MR) is 90.6 cm³/mol. The van der Waals surface area contributed by atoms with Crippen LogP contribution >= 0.6 is 0 Å². The van der Waals surface area contributed by atoms with Crippen LogP contribution in [0.25, 0.3) is 0 Å². The molecular weight excluding hydrogens is 325 g/mol. The number of piperidine rings is 1. The Morgan fingerprint density at radius 2 is 2.20 bits per heavy atom. The number of fused-ring (bicyclic) bond motifs is 1. The van der Waals surface area contributed by atoms with Gasteiger partial charge in [-0.1, -0.05) is 6.58 Å². The molecule has 3 amide bonds. The molecule has 1 aromatic rings. The summed E-state index contributed by atoms with van der Waals surface area (Å²) in [5, 5.41) is 5.27. The van der Waals surface area contributed by atoms with Crippen molar-refractivity contribution < 1.29 is 18.8 Å². The summed E-state index contributed by atoms with van der Waals surface area (Å²) in [6, 6.07) is 2.69. The second-order valence-electron chi connectivity index (χ2n) is 6.31. The maximum Gasteiger partial charge on any atom is 0.251 e. The molecule has 2 aliphatic heterocycles. The number of likely N-dealkylation sites (tertiary alicyclic amines) is 1. The summed E-state index contributed by atoms with van der Waals surface area (Å²) in [6.45, 7) is 4.80. The van der Waals surface area contributed by atoms with Crippen molar-refractivity contribution in [2.75, 3.05) is 25.0 Å². The number of nitrogens with one attached hydrogen (secondary N) is 2. The number of hydrogen-bond acceptors (Lipinski definition) is 3. The van der Waals surface area contributed by atoms with E-state index in [0.717, 1.165) is 0 Å². The van der Waals surface area contributed by atoms with Gasteiger partial charge >= 0.3 is 0 Å². The summed E-state index contributed by atoms with van der Waals surface area (Å²) in [5.74, 6) is -1.80. The summed E-state index contributed by atoms with van der Waals surface area (Å²) < 4.78 is 14.3. The van der Waals surface area contributed by atoms with E-state index in [2.05, 4.69) is 17.2 Å². The van der Waals surface area contributed by atoms with Crippen LogP contribution in [0.2, 0.25) is 0 Å². The average Bonchev–Trinajstić information content (AvgIpc) is 2.62. The van der Waals surface area contributed by atoms with Gasteiger partial charge in [0.25, 0.3) is 5.91 Å². The van der Waals surface area contributed by atoms with Crippen molar-refractivity contribution >= 4 is 23.4 Å². The van der Waals surface area contributed by atoms with Crippen LogP contribution in [0.4, 0.5) is 10.1 Å². The Hall–Kier alpha value is -2.70. The van der Waals surface area contributed by atoms with Crippen LogP contribution in [0.15, 0.2) is 24.8 Å². The lowest BCUT2D eigenvalue weighted by Gasteiger charge is -2.31. The van der Waals surface area contributed by atoms with Gasteiger partial charge in [-0.25, -0.2) is 4.39 Å². The van der Waals surface area contributed by atoms with Crippen LogP contribution < -0.4 is 10.6 Å². The minimum atomic E-state index is -0.559. The van der Waals surface area contributed by atoms with Crippen molar-refractivity contribution in [3.8, 4) is 0 Å². The van der Waals surface area contributed by atoms with E-state index < -0.39 is 11.7 Å². The molecule has 3 rings (SSSR count). The molecule has 2 aliphatic rings. The fourth-order valence-electron chi connectivity index (χ4n) is 3.29. The van der Waals surface area contributed by atoms with E-state index in [4.69, 9.17) is 0 Å². The number of carbonyl (C=O) groups excluding carboxylic acids is 3. The van der Waals surface area contributed by atoms with Crippen LogP contribution in [-0.4, -0.2) is 42.3 Å². The van der Waals surface area contributed by atoms with Gasteiger partial charge in [0.15, 0.2) is 0 Å². The first-order valence-electron chi connectivity index (χ1n) is 8.32. The second kappa shape index (κ2) is 7.04. The van der Waals surface area contributed by atoms with Gasteiger partial charge in [0, 0.05) is 25.2 Å². The molecule has 0 aliphatic carbocycles. The van der Waals surface area contributed by atoms with E-state index in [1.54, 1.807) is 4.90 Å². The minimum absolute atomic E-state index is 0.00651. The number of halogens is 1. The molecule has 7 heteroatoms. The largest absolute Gasteiger partial charge is 0.352 e. The molecular formula is C18H20FN3O3. The molecule has 0 spiro atoms. The molecule has 1 atom stereocenters. The Balaban J connectivity index is 1.74. The fraction of sp³-hybridized carbons (Fsp3) is 0.389. The van der Waals surface area contributed by atoms with Crippen molar-refractivity contribution in [1.29, 1.82) is 0 Å². The SMILES string of the molecule is C=CC(=O)N1CCCC(C(=O)Nc2cc3c(cc2F)CCNC3=O)C1. The lowest BCUT2D eigenvalue weighted by atomic mass is 9.96. The molecule has 132 valence electrons. The molecule has 0 saturated carbocycles. The third kappa shape index (κ3) is 3.55. The summed E-state index contributed by atoms with van der Waals surface area (Å²) in [6.07, 6.45) is 3.11. The Kier molecular flexibility index (Phi) is 4.83. The zero-order valence-electron chi connectivity index (χ0n) is 13.8. The van der Waals surface area contributed by atoms with Crippen molar-refractivity contribution in [3.63, 3.8) is 0 Å². The number of amides is 3. The molecule has 0 radical (unpaired) electrons. The molecule has 1 saturated heterocycles. The van der Waals surface area contributed by atoms with Gasteiger partial charge in [-0.05, 0) is 43.0 Å². The van der Waals surface area contributed by atoms with Crippen molar-refractivity contribution in [1.82, 2.24) is 10.2 Å². The van der Waals surface area contributed by atoms with Gasteiger partial charge in [-0.2, -0.15) is 0 Å². The Bertz CT molecular complexity index is 747. The maximum atomic E-state index is 14.3. The van der Waals surface area contributed by atoms with Crippen LogP contribution in [-0.2, 0) is 16.0 Å². The van der Waals surface area contributed by atoms with Crippen molar-refractivity contribution in [2.45, 2.75) is 19.3 Å². The first kappa shape index (κ1) is 17.1. The average molecular weight is 345 g/mol. The number of carbonyl (C=O) groups is 3. The standard InChI is InChI=1S/C18H20FN3O3/c1-2-16(23)22-7-3-4-12(10-22)17(24)21-15-9-13-11(8-14(15)19)5-6-20-18(13)25/h2,8-9,12H,1,3-7,10H2,(H,20,25)(H,21,24). The number of hydrogen-bond donors (Lipinski definition) is 2. The Labute approximate surface area is 145 Å². The van der Waals surface area contributed by atoms with Gasteiger partial charge in [0.2, 0.25) is 11.8 Å². The lowest BCUT2D eigenvalue weighted by molar-refractivity contribution is -0.130. The molecule has 0 aromatic heterocycles. The molecule has 2 heterocycles. The quantitative estimate of drug-likeness (QED) is 0.815. The highest BCUT2D eigenvalue weighted by Gasteiger charge is 2.28. The number of benzene rings is 1. The maximum absolute atomic E-state index is 14.3. The highest BCUT2D eigenvalue weighted by atomic mass is 19.1. The van der Waals surface area contributed by atoms with Crippen molar-refractivity contribution in [2.24, 2.45) is 5.92 Å². The van der Waals surface area contributed by atoms with Gasteiger partial charge in [-0.3, -0.25) is 14.4 Å². The highest BCUT2D eigenvalue weighted by molar-refractivity contribution is 6.00. The third-order valence-corrected chi connectivity index (χ3v) is 4.65. The van der Waals surface area contributed by atoms with Crippen LogP contribution in [0, 0.1) is 11.7 Å². The zero-order chi connectivity index (χ0) is 18.0. The number of anilines is 1. The second-order valence-corrected chi connectivity index (χ2v) is 6.31. The summed E-state index contributed by atoms with van der Waals surface area (Å²) >= 11 is 0. The zero-order valence-corrected chi connectivity index (χ0v) is 13.8. The van der Waals surface area contributed by atoms with Crippen LogP contribution in [0.1, 0.15) is 28.8 Å². The molecule has 1 fully saturated rings. The Morgan fingerprint density at radius 3 is 2.96 bits per heavy atom. The van der Waals surface area contributed by atoms with Gasteiger partial charge < -0.3 is 15.5 Å². The molecule has 2 N–H and O–H groups in total. The number of nitrogens with zero attached hydrogens (tertiary/aromatic N) is 1. The lowest BCUT2D eigenvalue weighted by Crippen LogP contribution is -2.43. The van der Waals surface area contributed by atoms with Gasteiger partial charge in [0.05, 0.1) is 11.6 Å². The molecule has 25 heavy (non-hydrogen) atoms. The van der Waals surface area contributed by atoms with E-state index >= 15 is 0 Å². The predicted octanol–water partition coefficient (Wildman–Crippen LogP) is 1.47. The monoisotopic (exact) mass is 345 g/mol.